The molecular weight excluding hydrogens is 322 g/mol. The number of nitrogens with zero attached hydrogens (tertiary/aromatic N) is 1. The quantitative estimate of drug-likeness (QED) is 0.240. The van der Waals surface area contributed by atoms with Crippen LogP contribution in [-0.2, 0) is 9.63 Å². The molecule has 1 fully saturated rings. The maximum atomic E-state index is 11.7. The highest BCUT2D eigenvalue weighted by atomic mass is 16.7. The van der Waals surface area contributed by atoms with Crippen molar-refractivity contribution in [1.29, 1.82) is 0 Å². The SMILES string of the molecule is CCCCCCCCCCCCCCCCCCC(=O)ON1CCCC1. The lowest BCUT2D eigenvalue weighted by Gasteiger charge is -2.13. The number of unbranched alkanes of at least 4 members (excludes halogenated alkanes) is 15. The molecule has 0 aliphatic carbocycles. The molecule has 0 amide bonds. The zero-order valence-corrected chi connectivity index (χ0v) is 17.6. The van der Waals surface area contributed by atoms with Crippen molar-refractivity contribution in [2.45, 2.75) is 129 Å². The summed E-state index contributed by atoms with van der Waals surface area (Å²) in [6.07, 6.45) is 24.7. The van der Waals surface area contributed by atoms with E-state index in [0.29, 0.717) is 6.42 Å². The standard InChI is InChI=1S/C23H45NO2/c1-2-3-4-5-6-7-8-9-10-11-12-13-14-15-16-17-20-23(25)26-24-21-18-19-22-24/h2-22H2,1H3. The Balaban J connectivity index is 1.70. The van der Waals surface area contributed by atoms with E-state index in [1.807, 2.05) is 5.06 Å². The van der Waals surface area contributed by atoms with E-state index in [4.69, 9.17) is 4.84 Å². The van der Waals surface area contributed by atoms with Gasteiger partial charge in [-0.05, 0) is 19.3 Å². The predicted octanol–water partition coefficient (Wildman–Crippen LogP) is 7.19. The Morgan fingerprint density at radius 2 is 1.04 bits per heavy atom. The Morgan fingerprint density at radius 1 is 0.654 bits per heavy atom. The van der Waals surface area contributed by atoms with Crippen LogP contribution in [0.1, 0.15) is 129 Å². The highest BCUT2D eigenvalue weighted by Crippen LogP contribution is 2.14. The lowest BCUT2D eigenvalue weighted by molar-refractivity contribution is -0.185. The van der Waals surface area contributed by atoms with Crippen LogP contribution in [0.25, 0.3) is 0 Å². The summed E-state index contributed by atoms with van der Waals surface area (Å²) in [6.45, 7) is 4.13. The van der Waals surface area contributed by atoms with Crippen LogP contribution in [0.4, 0.5) is 0 Å². The van der Waals surface area contributed by atoms with Gasteiger partial charge in [0.1, 0.15) is 0 Å². The van der Waals surface area contributed by atoms with Gasteiger partial charge in [0.15, 0.2) is 0 Å². The summed E-state index contributed by atoms with van der Waals surface area (Å²) >= 11 is 0. The number of carbonyl (C=O) groups excluding carboxylic acids is 1. The van der Waals surface area contributed by atoms with Gasteiger partial charge in [-0.1, -0.05) is 103 Å². The van der Waals surface area contributed by atoms with Gasteiger partial charge in [0.25, 0.3) is 0 Å². The smallest absolute Gasteiger partial charge is 0.325 e. The van der Waals surface area contributed by atoms with Crippen molar-refractivity contribution < 1.29 is 9.63 Å². The highest BCUT2D eigenvalue weighted by molar-refractivity contribution is 5.68. The van der Waals surface area contributed by atoms with E-state index in [2.05, 4.69) is 6.92 Å². The molecule has 0 unspecified atom stereocenters. The van der Waals surface area contributed by atoms with Crippen LogP contribution >= 0.6 is 0 Å². The van der Waals surface area contributed by atoms with E-state index < -0.39 is 0 Å². The monoisotopic (exact) mass is 367 g/mol. The van der Waals surface area contributed by atoms with Gasteiger partial charge < -0.3 is 4.84 Å². The molecule has 0 bridgehead atoms. The maximum Gasteiger partial charge on any atom is 0.325 e. The third-order valence-corrected chi connectivity index (χ3v) is 5.53. The minimum absolute atomic E-state index is 0.0303. The fourth-order valence-corrected chi connectivity index (χ4v) is 3.79. The Bertz CT molecular complexity index is 313. The summed E-state index contributed by atoms with van der Waals surface area (Å²) in [6, 6.07) is 0. The average molecular weight is 368 g/mol. The molecule has 26 heavy (non-hydrogen) atoms. The Labute approximate surface area is 163 Å². The molecule has 0 aromatic heterocycles. The number of rotatable bonds is 18. The molecule has 0 saturated carbocycles. The molecule has 0 spiro atoms. The van der Waals surface area contributed by atoms with E-state index in [9.17, 15) is 4.79 Å². The summed E-state index contributed by atoms with van der Waals surface area (Å²) in [7, 11) is 0. The molecule has 0 radical (unpaired) electrons. The van der Waals surface area contributed by atoms with Gasteiger partial charge >= 0.3 is 5.97 Å². The fraction of sp³-hybridized carbons (Fsp3) is 0.957. The molecule has 3 nitrogen and oxygen atoms in total. The minimum atomic E-state index is -0.0303. The van der Waals surface area contributed by atoms with E-state index in [1.165, 1.54) is 96.3 Å². The molecule has 1 aliphatic rings. The Kier molecular flexibility index (Phi) is 16.1. The molecule has 154 valence electrons. The van der Waals surface area contributed by atoms with E-state index >= 15 is 0 Å². The van der Waals surface area contributed by atoms with Crippen molar-refractivity contribution in [1.82, 2.24) is 5.06 Å². The van der Waals surface area contributed by atoms with Gasteiger partial charge in [-0.25, -0.2) is 0 Å². The minimum Gasteiger partial charge on any atom is -0.368 e. The molecule has 1 heterocycles. The molecule has 0 atom stereocenters. The normalized spacial score (nSPS) is 14.8. The summed E-state index contributed by atoms with van der Waals surface area (Å²) in [5, 5.41) is 1.83. The van der Waals surface area contributed by atoms with Gasteiger partial charge in [-0.3, -0.25) is 4.79 Å². The first-order valence-corrected chi connectivity index (χ1v) is 11.8. The first-order chi connectivity index (χ1) is 12.8. The molecule has 0 aromatic carbocycles. The van der Waals surface area contributed by atoms with E-state index in [-0.39, 0.29) is 5.97 Å². The van der Waals surface area contributed by atoms with Crippen LogP contribution in [0.3, 0.4) is 0 Å². The van der Waals surface area contributed by atoms with Crippen LogP contribution in [0.5, 0.6) is 0 Å². The fourth-order valence-electron chi connectivity index (χ4n) is 3.79. The maximum absolute atomic E-state index is 11.7. The molecule has 0 N–H and O–H groups in total. The molecule has 3 heteroatoms. The van der Waals surface area contributed by atoms with Crippen molar-refractivity contribution in [2.75, 3.05) is 13.1 Å². The second-order valence-electron chi connectivity index (χ2n) is 8.15. The van der Waals surface area contributed by atoms with Crippen molar-refractivity contribution >= 4 is 5.97 Å². The number of hydrogen-bond donors (Lipinski definition) is 0. The van der Waals surface area contributed by atoms with Crippen LogP contribution in [-0.4, -0.2) is 24.1 Å². The lowest BCUT2D eigenvalue weighted by Crippen LogP contribution is -2.23. The van der Waals surface area contributed by atoms with Gasteiger partial charge in [-0.15, -0.1) is 5.06 Å². The van der Waals surface area contributed by atoms with Crippen molar-refractivity contribution in [3.63, 3.8) is 0 Å². The molecular formula is C23H45NO2. The summed E-state index contributed by atoms with van der Waals surface area (Å²) in [5.74, 6) is -0.0303. The third-order valence-electron chi connectivity index (χ3n) is 5.53. The Morgan fingerprint density at radius 3 is 1.46 bits per heavy atom. The molecule has 1 aliphatic heterocycles. The zero-order valence-electron chi connectivity index (χ0n) is 17.6. The number of hydroxylamine groups is 2. The van der Waals surface area contributed by atoms with Crippen LogP contribution in [0.15, 0.2) is 0 Å². The van der Waals surface area contributed by atoms with Crippen LogP contribution in [0, 0.1) is 0 Å². The highest BCUT2D eigenvalue weighted by Gasteiger charge is 2.15. The largest absolute Gasteiger partial charge is 0.368 e. The molecule has 0 aromatic rings. The van der Waals surface area contributed by atoms with Gasteiger partial charge in [0.2, 0.25) is 0 Å². The zero-order chi connectivity index (χ0) is 18.7. The number of carbonyl (C=O) groups is 1. The second-order valence-corrected chi connectivity index (χ2v) is 8.15. The van der Waals surface area contributed by atoms with E-state index in [1.54, 1.807) is 0 Å². The van der Waals surface area contributed by atoms with Gasteiger partial charge in [-0.2, -0.15) is 0 Å². The predicted molar refractivity (Wildman–Crippen MR) is 111 cm³/mol. The van der Waals surface area contributed by atoms with Crippen LogP contribution in [0.2, 0.25) is 0 Å². The van der Waals surface area contributed by atoms with Crippen molar-refractivity contribution in [3.8, 4) is 0 Å². The lowest BCUT2D eigenvalue weighted by atomic mass is 10.0. The first-order valence-electron chi connectivity index (χ1n) is 11.8. The number of hydrogen-bond acceptors (Lipinski definition) is 3. The second kappa shape index (κ2) is 17.8. The van der Waals surface area contributed by atoms with Gasteiger partial charge in [0.05, 0.1) is 0 Å². The third kappa shape index (κ3) is 14.6. The summed E-state index contributed by atoms with van der Waals surface area (Å²) in [4.78, 5) is 17.0. The van der Waals surface area contributed by atoms with Crippen molar-refractivity contribution in [2.24, 2.45) is 0 Å². The average Bonchev–Trinajstić information content (AvgIpc) is 3.14. The van der Waals surface area contributed by atoms with E-state index in [0.717, 1.165) is 32.4 Å². The first kappa shape index (κ1) is 23.5. The van der Waals surface area contributed by atoms with Crippen LogP contribution < -0.4 is 0 Å². The summed E-state index contributed by atoms with van der Waals surface area (Å²) < 4.78 is 0. The van der Waals surface area contributed by atoms with Gasteiger partial charge in [0, 0.05) is 19.5 Å². The molecule has 1 rings (SSSR count). The molecule has 1 saturated heterocycles. The van der Waals surface area contributed by atoms with Crippen molar-refractivity contribution in [3.05, 3.63) is 0 Å². The Hall–Kier alpha value is -0.570. The topological polar surface area (TPSA) is 29.5 Å². The summed E-state index contributed by atoms with van der Waals surface area (Å²) in [5.41, 5.74) is 0.